The van der Waals surface area contributed by atoms with E-state index in [9.17, 15) is 18.0 Å². The number of rotatable bonds is 6. The predicted molar refractivity (Wildman–Crippen MR) is 96.1 cm³/mol. The van der Waals surface area contributed by atoms with Gasteiger partial charge in [0.05, 0.1) is 31.4 Å². The number of hydrogen-bond donors (Lipinski definition) is 0. The van der Waals surface area contributed by atoms with Gasteiger partial charge in [0.1, 0.15) is 0 Å². The third-order valence-corrected chi connectivity index (χ3v) is 4.40. The highest BCUT2D eigenvalue weighted by Crippen LogP contribution is 2.35. The minimum absolute atomic E-state index is 0.289. The lowest BCUT2D eigenvalue weighted by atomic mass is 10.0. The van der Waals surface area contributed by atoms with E-state index in [2.05, 4.69) is 0 Å². The quantitative estimate of drug-likeness (QED) is 0.711. The van der Waals surface area contributed by atoms with Crippen molar-refractivity contribution in [2.75, 3.05) is 20.8 Å². The number of para-hydroxylation sites is 1. The van der Waals surface area contributed by atoms with Gasteiger partial charge in [-0.05, 0) is 43.7 Å². The molecule has 0 aromatic heterocycles. The monoisotopic (exact) mass is 381 g/mol. The van der Waals surface area contributed by atoms with Gasteiger partial charge in [-0.1, -0.05) is 18.2 Å². The first-order valence-corrected chi connectivity index (χ1v) is 8.43. The summed E-state index contributed by atoms with van der Waals surface area (Å²) in [6.07, 6.45) is -4.44. The number of methoxy groups -OCH3 is 2. The molecule has 2 aromatic carbocycles. The topological polar surface area (TPSA) is 38.8 Å². The summed E-state index contributed by atoms with van der Waals surface area (Å²) in [6, 6.07) is 9.39. The zero-order valence-electron chi connectivity index (χ0n) is 15.6. The molecule has 0 fully saturated rings. The molecule has 0 saturated carbocycles. The molecule has 4 nitrogen and oxygen atoms in total. The Balaban J connectivity index is 2.41. The van der Waals surface area contributed by atoms with Crippen LogP contribution < -0.4 is 9.47 Å². The second kappa shape index (κ2) is 8.33. The van der Waals surface area contributed by atoms with Gasteiger partial charge in [-0.25, -0.2) is 0 Å². The minimum Gasteiger partial charge on any atom is -0.493 e. The van der Waals surface area contributed by atoms with E-state index in [4.69, 9.17) is 9.47 Å². The Morgan fingerprint density at radius 1 is 1.11 bits per heavy atom. The van der Waals surface area contributed by atoms with Crippen LogP contribution in [-0.2, 0) is 6.18 Å². The molecule has 0 bridgehead atoms. The van der Waals surface area contributed by atoms with Crippen molar-refractivity contribution in [3.63, 3.8) is 0 Å². The minimum atomic E-state index is -4.44. The third kappa shape index (κ3) is 4.35. The number of amides is 1. The Labute approximate surface area is 156 Å². The van der Waals surface area contributed by atoms with Crippen molar-refractivity contribution in [1.29, 1.82) is 0 Å². The normalized spacial score (nSPS) is 12.4. The van der Waals surface area contributed by atoms with Crippen molar-refractivity contribution >= 4 is 5.91 Å². The number of alkyl halides is 3. The van der Waals surface area contributed by atoms with Gasteiger partial charge < -0.3 is 14.4 Å². The fourth-order valence-electron chi connectivity index (χ4n) is 2.96. The lowest BCUT2D eigenvalue weighted by molar-refractivity contribution is -0.137. The van der Waals surface area contributed by atoms with E-state index in [1.54, 1.807) is 38.1 Å². The van der Waals surface area contributed by atoms with Crippen LogP contribution in [0.1, 0.15) is 41.4 Å². The molecular formula is C20H22F3NO3. The molecule has 0 aliphatic rings. The predicted octanol–water partition coefficient (Wildman–Crippen LogP) is 4.95. The summed E-state index contributed by atoms with van der Waals surface area (Å²) >= 11 is 0. The Hall–Kier alpha value is -2.70. The van der Waals surface area contributed by atoms with Crippen LogP contribution in [0.25, 0.3) is 0 Å². The Bertz CT molecular complexity index is 805. The number of ether oxygens (including phenoxy) is 2. The Kier molecular flexibility index (Phi) is 6.36. The highest BCUT2D eigenvalue weighted by Gasteiger charge is 2.32. The lowest BCUT2D eigenvalue weighted by Crippen LogP contribution is -2.33. The maximum absolute atomic E-state index is 13.1. The first-order valence-electron chi connectivity index (χ1n) is 8.43. The van der Waals surface area contributed by atoms with Crippen LogP contribution in [0.3, 0.4) is 0 Å². The van der Waals surface area contributed by atoms with E-state index in [1.165, 1.54) is 25.2 Å². The maximum atomic E-state index is 13.1. The fourth-order valence-corrected chi connectivity index (χ4v) is 2.96. The van der Waals surface area contributed by atoms with Gasteiger partial charge in [0.25, 0.3) is 5.91 Å². The number of benzene rings is 2. The molecule has 1 amide bonds. The lowest BCUT2D eigenvalue weighted by Gasteiger charge is -2.29. The van der Waals surface area contributed by atoms with E-state index in [-0.39, 0.29) is 11.5 Å². The molecule has 27 heavy (non-hydrogen) atoms. The molecule has 2 aromatic rings. The SMILES string of the molecule is CCN(C(=O)c1cccc(OC)c1OC)C(C)c1cccc(C(F)(F)F)c1. The second-order valence-corrected chi connectivity index (χ2v) is 5.93. The van der Waals surface area contributed by atoms with E-state index < -0.39 is 17.8 Å². The van der Waals surface area contributed by atoms with Gasteiger partial charge in [-0.15, -0.1) is 0 Å². The average molecular weight is 381 g/mol. The molecule has 1 unspecified atom stereocenters. The molecule has 0 spiro atoms. The van der Waals surface area contributed by atoms with Crippen molar-refractivity contribution in [3.05, 3.63) is 59.2 Å². The van der Waals surface area contributed by atoms with Gasteiger partial charge in [-0.2, -0.15) is 13.2 Å². The average Bonchev–Trinajstić information content (AvgIpc) is 2.66. The third-order valence-electron chi connectivity index (χ3n) is 4.40. The second-order valence-electron chi connectivity index (χ2n) is 5.93. The number of nitrogens with zero attached hydrogens (tertiary/aromatic N) is 1. The van der Waals surface area contributed by atoms with Crippen LogP contribution in [0, 0.1) is 0 Å². The summed E-state index contributed by atoms with van der Waals surface area (Å²) in [5, 5.41) is 0. The molecular weight excluding hydrogens is 359 g/mol. The first-order chi connectivity index (χ1) is 12.7. The van der Waals surface area contributed by atoms with Crippen molar-refractivity contribution < 1.29 is 27.4 Å². The molecule has 1 atom stereocenters. The van der Waals surface area contributed by atoms with Gasteiger partial charge >= 0.3 is 6.18 Å². The van der Waals surface area contributed by atoms with Gasteiger partial charge in [0, 0.05) is 6.54 Å². The summed E-state index contributed by atoms with van der Waals surface area (Å²) in [4.78, 5) is 14.6. The van der Waals surface area contributed by atoms with E-state index in [0.29, 0.717) is 23.6 Å². The molecule has 146 valence electrons. The van der Waals surface area contributed by atoms with E-state index >= 15 is 0 Å². The van der Waals surface area contributed by atoms with Crippen molar-refractivity contribution in [1.82, 2.24) is 4.90 Å². The molecule has 0 N–H and O–H groups in total. The number of hydrogen-bond acceptors (Lipinski definition) is 3. The van der Waals surface area contributed by atoms with Crippen LogP contribution in [0.4, 0.5) is 13.2 Å². The summed E-state index contributed by atoms with van der Waals surface area (Å²) in [7, 11) is 2.90. The highest BCUT2D eigenvalue weighted by atomic mass is 19.4. The Morgan fingerprint density at radius 2 is 1.78 bits per heavy atom. The molecule has 0 radical (unpaired) electrons. The van der Waals surface area contributed by atoms with Crippen molar-refractivity contribution in [3.8, 4) is 11.5 Å². The summed E-state index contributed by atoms with van der Waals surface area (Å²) in [6.45, 7) is 3.79. The number of halogens is 3. The standard InChI is InChI=1S/C20H22F3NO3/c1-5-24(13(2)14-8-6-9-15(12-14)20(21,22)23)19(25)16-10-7-11-17(26-3)18(16)27-4/h6-13H,5H2,1-4H3. The summed E-state index contributed by atoms with van der Waals surface area (Å²) < 4.78 is 49.6. The first kappa shape index (κ1) is 20.6. The van der Waals surface area contributed by atoms with Gasteiger partial charge in [0.15, 0.2) is 11.5 Å². The molecule has 2 rings (SSSR count). The highest BCUT2D eigenvalue weighted by molar-refractivity contribution is 5.98. The zero-order valence-corrected chi connectivity index (χ0v) is 15.6. The van der Waals surface area contributed by atoms with Crippen molar-refractivity contribution in [2.45, 2.75) is 26.1 Å². The summed E-state index contributed by atoms with van der Waals surface area (Å²) in [5.41, 5.74) is -0.0475. The smallest absolute Gasteiger partial charge is 0.416 e. The van der Waals surface area contributed by atoms with Crippen LogP contribution in [0.15, 0.2) is 42.5 Å². The summed E-state index contributed by atoms with van der Waals surface area (Å²) in [5.74, 6) is 0.351. The largest absolute Gasteiger partial charge is 0.493 e. The molecule has 0 aliphatic heterocycles. The van der Waals surface area contributed by atoms with Gasteiger partial charge in [-0.3, -0.25) is 4.79 Å². The van der Waals surface area contributed by atoms with E-state index in [1.807, 2.05) is 0 Å². The Morgan fingerprint density at radius 3 is 2.33 bits per heavy atom. The maximum Gasteiger partial charge on any atom is 0.416 e. The van der Waals surface area contributed by atoms with Gasteiger partial charge in [0.2, 0.25) is 0 Å². The fraction of sp³-hybridized carbons (Fsp3) is 0.350. The number of carbonyl (C=O) groups excluding carboxylic acids is 1. The number of carbonyl (C=O) groups is 1. The van der Waals surface area contributed by atoms with Crippen LogP contribution in [0.2, 0.25) is 0 Å². The molecule has 7 heteroatoms. The van der Waals surface area contributed by atoms with Crippen LogP contribution >= 0.6 is 0 Å². The van der Waals surface area contributed by atoms with Crippen LogP contribution in [0.5, 0.6) is 11.5 Å². The van der Waals surface area contributed by atoms with Crippen molar-refractivity contribution in [2.24, 2.45) is 0 Å². The van der Waals surface area contributed by atoms with E-state index in [0.717, 1.165) is 12.1 Å². The van der Waals surface area contributed by atoms with Crippen LogP contribution in [-0.4, -0.2) is 31.6 Å². The molecule has 0 heterocycles. The molecule has 0 aliphatic carbocycles. The molecule has 0 saturated heterocycles. The zero-order chi connectivity index (χ0) is 20.2.